The van der Waals surface area contributed by atoms with Gasteiger partial charge < -0.3 is 9.80 Å². The molecule has 0 aliphatic carbocycles. The summed E-state index contributed by atoms with van der Waals surface area (Å²) < 4.78 is 40.3. The summed E-state index contributed by atoms with van der Waals surface area (Å²) in [6, 6.07) is 12.1. The lowest BCUT2D eigenvalue weighted by Gasteiger charge is -2.39. The fraction of sp³-hybridized carbons (Fsp3) is 0.381. The number of rotatable bonds is 6. The summed E-state index contributed by atoms with van der Waals surface area (Å²) in [5, 5.41) is 0.391. The number of amides is 1. The van der Waals surface area contributed by atoms with Crippen LogP contribution < -0.4 is 9.21 Å². The van der Waals surface area contributed by atoms with E-state index in [9.17, 15) is 17.6 Å². The third-order valence-corrected chi connectivity index (χ3v) is 6.57. The van der Waals surface area contributed by atoms with E-state index >= 15 is 0 Å². The number of nitrogens with zero attached hydrogens (tertiary/aromatic N) is 3. The van der Waals surface area contributed by atoms with Crippen LogP contribution in [0, 0.1) is 5.82 Å². The van der Waals surface area contributed by atoms with Gasteiger partial charge in [0.1, 0.15) is 11.9 Å². The number of piperazine rings is 1. The molecule has 0 N–H and O–H groups in total. The Balaban J connectivity index is 1.79. The minimum absolute atomic E-state index is 0.268. The monoisotopic (exact) mass is 453 g/mol. The highest BCUT2D eigenvalue weighted by Crippen LogP contribution is 2.27. The van der Waals surface area contributed by atoms with E-state index in [4.69, 9.17) is 11.6 Å². The van der Waals surface area contributed by atoms with Crippen LogP contribution in [0.3, 0.4) is 0 Å². The summed E-state index contributed by atoms with van der Waals surface area (Å²) in [5.74, 6) is -0.566. The van der Waals surface area contributed by atoms with E-state index < -0.39 is 16.1 Å². The molecule has 1 aliphatic heterocycles. The van der Waals surface area contributed by atoms with Gasteiger partial charge in [-0.1, -0.05) is 36.7 Å². The minimum atomic E-state index is -3.72. The molecule has 1 fully saturated rings. The second-order valence-electron chi connectivity index (χ2n) is 7.23. The van der Waals surface area contributed by atoms with Gasteiger partial charge >= 0.3 is 0 Å². The number of carbonyl (C=O) groups excluding carboxylic acids is 1. The van der Waals surface area contributed by atoms with Crippen molar-refractivity contribution in [1.29, 1.82) is 0 Å². The van der Waals surface area contributed by atoms with E-state index in [-0.39, 0.29) is 11.7 Å². The second kappa shape index (κ2) is 9.22. The molecule has 0 saturated carbocycles. The first-order valence-electron chi connectivity index (χ1n) is 9.75. The molecule has 1 saturated heterocycles. The number of anilines is 2. The van der Waals surface area contributed by atoms with Gasteiger partial charge in [0, 0.05) is 31.2 Å². The van der Waals surface area contributed by atoms with E-state index in [2.05, 4.69) is 0 Å². The smallest absolute Gasteiger partial charge is 0.246 e. The number of sulfonamides is 1. The van der Waals surface area contributed by atoms with Crippen LogP contribution in [-0.4, -0.2) is 57.7 Å². The zero-order chi connectivity index (χ0) is 21.9. The lowest BCUT2D eigenvalue weighted by molar-refractivity contribution is -0.132. The molecule has 30 heavy (non-hydrogen) atoms. The Labute approximate surface area is 181 Å². The summed E-state index contributed by atoms with van der Waals surface area (Å²) in [4.78, 5) is 16.8. The SMILES string of the molecule is CCC(C(=O)N1CCN(c2ccccc2F)CC1)N(c1cccc(Cl)c1)S(C)(=O)=O. The molecule has 0 radical (unpaired) electrons. The quantitative estimate of drug-likeness (QED) is 0.672. The molecule has 162 valence electrons. The van der Waals surface area contributed by atoms with Crippen LogP contribution in [0.15, 0.2) is 48.5 Å². The lowest BCUT2D eigenvalue weighted by atomic mass is 10.1. The van der Waals surface area contributed by atoms with E-state index in [1.165, 1.54) is 12.1 Å². The fourth-order valence-electron chi connectivity index (χ4n) is 3.74. The van der Waals surface area contributed by atoms with E-state index in [1.54, 1.807) is 48.2 Å². The van der Waals surface area contributed by atoms with Crippen LogP contribution in [0.5, 0.6) is 0 Å². The van der Waals surface area contributed by atoms with Crippen molar-refractivity contribution < 1.29 is 17.6 Å². The van der Waals surface area contributed by atoms with Gasteiger partial charge in [-0.15, -0.1) is 0 Å². The third-order valence-electron chi connectivity index (χ3n) is 5.16. The maximum atomic E-state index is 14.1. The van der Waals surface area contributed by atoms with Crippen LogP contribution >= 0.6 is 11.6 Å². The maximum absolute atomic E-state index is 14.1. The zero-order valence-corrected chi connectivity index (χ0v) is 18.5. The third kappa shape index (κ3) is 4.87. The number of hydrogen-bond acceptors (Lipinski definition) is 4. The van der Waals surface area contributed by atoms with Gasteiger partial charge in [0.05, 0.1) is 17.6 Å². The molecule has 1 amide bonds. The number of hydrogen-bond donors (Lipinski definition) is 0. The standard InChI is InChI=1S/C21H25ClFN3O3S/c1-3-19(26(30(2,28)29)17-8-6-7-16(22)15-17)21(27)25-13-11-24(12-14-25)20-10-5-4-9-18(20)23/h4-10,15,19H,3,11-14H2,1-2H3. The Morgan fingerprint density at radius 1 is 1.13 bits per heavy atom. The van der Waals surface area contributed by atoms with Crippen molar-refractivity contribution in [3.8, 4) is 0 Å². The highest BCUT2D eigenvalue weighted by atomic mass is 35.5. The van der Waals surface area contributed by atoms with Gasteiger partial charge in [-0.2, -0.15) is 0 Å². The molecule has 0 spiro atoms. The molecule has 3 rings (SSSR count). The van der Waals surface area contributed by atoms with Crippen LogP contribution in [0.25, 0.3) is 0 Å². The van der Waals surface area contributed by atoms with Crippen molar-refractivity contribution in [2.24, 2.45) is 0 Å². The number of halogens is 2. The van der Waals surface area contributed by atoms with Gasteiger partial charge in [-0.3, -0.25) is 9.10 Å². The van der Waals surface area contributed by atoms with Crippen molar-refractivity contribution in [1.82, 2.24) is 4.90 Å². The molecular weight excluding hydrogens is 429 g/mol. The summed E-state index contributed by atoms with van der Waals surface area (Å²) in [5.41, 5.74) is 0.864. The predicted octanol–water partition coefficient (Wildman–Crippen LogP) is 3.37. The number of carbonyl (C=O) groups is 1. The van der Waals surface area contributed by atoms with Gasteiger partial charge in [-0.25, -0.2) is 12.8 Å². The second-order valence-corrected chi connectivity index (χ2v) is 9.52. The molecule has 1 unspecified atom stereocenters. The van der Waals surface area contributed by atoms with Gasteiger partial charge in [0.25, 0.3) is 0 Å². The zero-order valence-electron chi connectivity index (χ0n) is 17.0. The maximum Gasteiger partial charge on any atom is 0.246 e. The van der Waals surface area contributed by atoms with Gasteiger partial charge in [0.2, 0.25) is 15.9 Å². The predicted molar refractivity (Wildman–Crippen MR) is 118 cm³/mol. The molecular formula is C21H25ClFN3O3S. The van der Waals surface area contributed by atoms with Crippen molar-refractivity contribution in [3.63, 3.8) is 0 Å². The molecule has 6 nitrogen and oxygen atoms in total. The van der Waals surface area contributed by atoms with Crippen LogP contribution in [0.4, 0.5) is 15.8 Å². The highest BCUT2D eigenvalue weighted by Gasteiger charge is 2.35. The van der Waals surface area contributed by atoms with Crippen molar-refractivity contribution >= 4 is 38.9 Å². The fourth-order valence-corrected chi connectivity index (χ4v) is 5.13. The molecule has 0 aromatic heterocycles. The highest BCUT2D eigenvalue weighted by molar-refractivity contribution is 7.92. The molecule has 2 aromatic carbocycles. The number of benzene rings is 2. The van der Waals surface area contributed by atoms with Gasteiger partial charge in [0.15, 0.2) is 0 Å². The Hall–Kier alpha value is -2.32. The summed E-state index contributed by atoms with van der Waals surface area (Å²) in [7, 11) is -3.72. The van der Waals surface area contributed by atoms with Crippen LogP contribution in [-0.2, 0) is 14.8 Å². The Kier molecular flexibility index (Phi) is 6.88. The normalized spacial score (nSPS) is 15.7. The van der Waals surface area contributed by atoms with E-state index in [0.29, 0.717) is 49.0 Å². The Morgan fingerprint density at radius 3 is 2.37 bits per heavy atom. The molecule has 1 heterocycles. The Bertz CT molecular complexity index is 1010. The lowest BCUT2D eigenvalue weighted by Crippen LogP contribution is -2.56. The van der Waals surface area contributed by atoms with Crippen molar-refractivity contribution in [2.75, 3.05) is 41.6 Å². The Morgan fingerprint density at radius 2 is 1.80 bits per heavy atom. The largest absolute Gasteiger partial charge is 0.366 e. The molecule has 1 atom stereocenters. The minimum Gasteiger partial charge on any atom is -0.366 e. The topological polar surface area (TPSA) is 60.9 Å². The van der Waals surface area contributed by atoms with Crippen LogP contribution in [0.2, 0.25) is 5.02 Å². The average molecular weight is 454 g/mol. The first-order valence-corrected chi connectivity index (χ1v) is 12.0. The number of para-hydroxylation sites is 1. The van der Waals surface area contributed by atoms with Crippen molar-refractivity contribution in [3.05, 3.63) is 59.4 Å². The van der Waals surface area contributed by atoms with Crippen LogP contribution in [0.1, 0.15) is 13.3 Å². The molecule has 1 aliphatic rings. The summed E-state index contributed by atoms with van der Waals surface area (Å²) >= 11 is 6.05. The van der Waals surface area contributed by atoms with Crippen molar-refractivity contribution in [2.45, 2.75) is 19.4 Å². The summed E-state index contributed by atoms with van der Waals surface area (Å²) in [6.45, 7) is 3.49. The summed E-state index contributed by atoms with van der Waals surface area (Å²) in [6.07, 6.45) is 1.39. The molecule has 2 aromatic rings. The van der Waals surface area contributed by atoms with Gasteiger partial charge in [-0.05, 0) is 36.8 Å². The first-order chi connectivity index (χ1) is 14.2. The molecule has 9 heteroatoms. The van der Waals surface area contributed by atoms with E-state index in [0.717, 1.165) is 10.6 Å². The average Bonchev–Trinajstić information content (AvgIpc) is 2.71. The molecule has 0 bridgehead atoms. The first kappa shape index (κ1) is 22.4. The van der Waals surface area contributed by atoms with E-state index in [1.807, 2.05) is 4.90 Å².